The van der Waals surface area contributed by atoms with E-state index in [0.29, 0.717) is 0 Å². The molecular weight excluding hydrogens is 340 g/mol. The summed E-state index contributed by atoms with van der Waals surface area (Å²) < 4.78 is 10.6. The van der Waals surface area contributed by atoms with E-state index in [0.717, 1.165) is 22.3 Å². The molecule has 6 heteroatoms. The van der Waals surface area contributed by atoms with Crippen molar-refractivity contribution < 1.29 is 23.1 Å². The second-order valence-electron chi connectivity index (χ2n) is 7.07. The average Bonchev–Trinajstić information content (AvgIpc) is 2.53. The minimum atomic E-state index is -1.72. The minimum absolute atomic E-state index is 0.188. The first kappa shape index (κ1) is 21.4. The molecule has 0 aliphatic heterocycles. The predicted octanol–water partition coefficient (Wildman–Crippen LogP) is 4.54. The lowest BCUT2D eigenvalue weighted by Gasteiger charge is -2.28. The van der Waals surface area contributed by atoms with Gasteiger partial charge in [-0.05, 0) is 41.5 Å². The molecular formula is C19H30O5S. The standard InChI is InChI=1S/C19H30O5S/c1-8-16(20)23-25(24-17(21)9-2)11-14-12(3)10-15(19(5,6)7)18(22)13(14)4/h10,22,25H,8-9,11H2,1-7H3. The van der Waals surface area contributed by atoms with Gasteiger partial charge in [0.1, 0.15) is 5.75 Å². The van der Waals surface area contributed by atoms with Gasteiger partial charge in [0.15, 0.2) is 0 Å². The largest absolute Gasteiger partial charge is 0.507 e. The van der Waals surface area contributed by atoms with E-state index in [1.165, 1.54) is 0 Å². The Balaban J connectivity index is 3.21. The molecule has 0 atom stereocenters. The zero-order valence-corrected chi connectivity index (χ0v) is 17.1. The molecule has 142 valence electrons. The van der Waals surface area contributed by atoms with Gasteiger partial charge >= 0.3 is 11.9 Å². The van der Waals surface area contributed by atoms with Crippen LogP contribution in [-0.2, 0) is 29.1 Å². The molecule has 0 amide bonds. The van der Waals surface area contributed by atoms with Crippen LogP contribution in [0.2, 0.25) is 0 Å². The van der Waals surface area contributed by atoms with Crippen molar-refractivity contribution in [2.45, 2.75) is 72.5 Å². The number of thiol groups is 1. The normalized spacial score (nSPS) is 11.9. The Morgan fingerprint density at radius 3 is 1.96 bits per heavy atom. The quantitative estimate of drug-likeness (QED) is 0.719. The average molecular weight is 371 g/mol. The molecule has 0 aromatic heterocycles. The Morgan fingerprint density at radius 2 is 1.56 bits per heavy atom. The lowest BCUT2D eigenvalue weighted by molar-refractivity contribution is -0.136. The number of benzene rings is 1. The fraction of sp³-hybridized carbons (Fsp3) is 0.579. The highest BCUT2D eigenvalue weighted by atomic mass is 32.2. The number of phenolic OH excluding ortho intramolecular Hbond substituents is 1. The van der Waals surface area contributed by atoms with E-state index in [1.807, 2.05) is 40.7 Å². The van der Waals surface area contributed by atoms with Crippen LogP contribution >= 0.6 is 11.5 Å². The molecule has 0 heterocycles. The Bertz CT molecular complexity index is 628. The lowest BCUT2D eigenvalue weighted by atomic mass is 9.83. The Kier molecular flexibility index (Phi) is 7.35. The van der Waals surface area contributed by atoms with Gasteiger partial charge in [-0.2, -0.15) is 0 Å². The third-order valence-corrected chi connectivity index (χ3v) is 5.37. The zero-order chi connectivity index (χ0) is 19.4. The number of phenols is 1. The number of carbonyl (C=O) groups excluding carboxylic acids is 2. The van der Waals surface area contributed by atoms with Gasteiger partial charge < -0.3 is 13.5 Å². The molecule has 0 aliphatic carbocycles. The first-order valence-electron chi connectivity index (χ1n) is 8.52. The van der Waals surface area contributed by atoms with Gasteiger partial charge in [-0.25, -0.2) is 0 Å². The molecule has 0 aliphatic rings. The van der Waals surface area contributed by atoms with Gasteiger partial charge in [0.2, 0.25) is 0 Å². The summed E-state index contributed by atoms with van der Waals surface area (Å²) in [6, 6.07) is 1.95. The second-order valence-corrected chi connectivity index (χ2v) is 8.41. The van der Waals surface area contributed by atoms with Crippen LogP contribution in [-0.4, -0.2) is 17.0 Å². The zero-order valence-electron chi connectivity index (χ0n) is 16.2. The van der Waals surface area contributed by atoms with Crippen LogP contribution in [0.5, 0.6) is 5.75 Å². The van der Waals surface area contributed by atoms with Crippen molar-refractivity contribution in [1.29, 1.82) is 0 Å². The van der Waals surface area contributed by atoms with Crippen molar-refractivity contribution in [3.63, 3.8) is 0 Å². The maximum atomic E-state index is 11.7. The maximum Gasteiger partial charge on any atom is 0.328 e. The van der Waals surface area contributed by atoms with Crippen molar-refractivity contribution in [1.82, 2.24) is 0 Å². The van der Waals surface area contributed by atoms with Gasteiger partial charge in [0, 0.05) is 12.8 Å². The molecule has 1 aromatic carbocycles. The Hall–Kier alpha value is -1.69. The molecule has 0 radical (unpaired) electrons. The summed E-state index contributed by atoms with van der Waals surface area (Å²) in [5.41, 5.74) is 3.24. The van der Waals surface area contributed by atoms with E-state index in [4.69, 9.17) is 8.37 Å². The second kappa shape index (κ2) is 8.61. The number of aryl methyl sites for hydroxylation is 1. The summed E-state index contributed by atoms with van der Waals surface area (Å²) in [7, 11) is 0. The third-order valence-electron chi connectivity index (χ3n) is 3.98. The molecule has 1 N–H and O–H groups in total. The van der Waals surface area contributed by atoms with Crippen LogP contribution < -0.4 is 0 Å². The van der Waals surface area contributed by atoms with Crippen LogP contribution in [0.25, 0.3) is 0 Å². The highest BCUT2D eigenvalue weighted by molar-refractivity contribution is 8.08. The topological polar surface area (TPSA) is 72.8 Å². The fourth-order valence-electron chi connectivity index (χ4n) is 2.40. The molecule has 0 unspecified atom stereocenters. The van der Waals surface area contributed by atoms with Crippen molar-refractivity contribution in [3.05, 3.63) is 28.3 Å². The van der Waals surface area contributed by atoms with Crippen LogP contribution in [0, 0.1) is 13.8 Å². The molecule has 5 nitrogen and oxygen atoms in total. The summed E-state index contributed by atoms with van der Waals surface area (Å²) in [5.74, 6) is -0.281. The van der Waals surface area contributed by atoms with E-state index >= 15 is 0 Å². The monoisotopic (exact) mass is 370 g/mol. The van der Waals surface area contributed by atoms with Crippen LogP contribution in [0.3, 0.4) is 0 Å². The predicted molar refractivity (Wildman–Crippen MR) is 102 cm³/mol. The maximum absolute atomic E-state index is 11.7. The molecule has 1 rings (SSSR count). The molecule has 25 heavy (non-hydrogen) atoms. The summed E-state index contributed by atoms with van der Waals surface area (Å²) in [4.78, 5) is 23.3. The molecule has 0 fully saturated rings. The number of hydrogen-bond acceptors (Lipinski definition) is 5. The van der Waals surface area contributed by atoms with Gasteiger partial charge in [-0.3, -0.25) is 9.59 Å². The van der Waals surface area contributed by atoms with E-state index in [9.17, 15) is 14.7 Å². The van der Waals surface area contributed by atoms with Gasteiger partial charge in [0.25, 0.3) is 0 Å². The number of carbonyl (C=O) groups is 2. The van der Waals surface area contributed by atoms with Crippen molar-refractivity contribution in [2.75, 3.05) is 0 Å². The van der Waals surface area contributed by atoms with E-state index in [1.54, 1.807) is 13.8 Å². The van der Waals surface area contributed by atoms with Crippen LogP contribution in [0.4, 0.5) is 0 Å². The summed E-state index contributed by atoms with van der Waals surface area (Å²) in [5, 5.41) is 10.6. The molecule has 0 saturated heterocycles. The number of rotatable bonds is 6. The third kappa shape index (κ3) is 5.66. The smallest absolute Gasteiger partial charge is 0.328 e. The van der Waals surface area contributed by atoms with Crippen LogP contribution in [0.1, 0.15) is 69.7 Å². The fourth-order valence-corrected chi connectivity index (χ4v) is 4.02. The molecule has 0 bridgehead atoms. The van der Waals surface area contributed by atoms with E-state index in [2.05, 4.69) is 0 Å². The van der Waals surface area contributed by atoms with Crippen LogP contribution in [0.15, 0.2) is 6.07 Å². The summed E-state index contributed by atoms with van der Waals surface area (Å²) >= 11 is -1.72. The van der Waals surface area contributed by atoms with Gasteiger partial charge in [-0.15, -0.1) is 11.5 Å². The number of hydrogen-bond donors (Lipinski definition) is 2. The van der Waals surface area contributed by atoms with Gasteiger partial charge in [0.05, 0.1) is 5.75 Å². The molecule has 0 saturated carbocycles. The summed E-state index contributed by atoms with van der Waals surface area (Å²) in [6.07, 6.45) is 0.434. The van der Waals surface area contributed by atoms with Crippen molar-refractivity contribution in [2.24, 2.45) is 0 Å². The number of aromatic hydroxyl groups is 1. The highest BCUT2D eigenvalue weighted by Crippen LogP contribution is 2.41. The Morgan fingerprint density at radius 1 is 1.08 bits per heavy atom. The SMILES string of the molecule is CCC(=O)O[SH](Cc1c(C)cc(C(C)(C)C)c(O)c1C)OC(=O)CC. The van der Waals surface area contributed by atoms with Crippen molar-refractivity contribution >= 4 is 23.4 Å². The van der Waals surface area contributed by atoms with E-state index in [-0.39, 0.29) is 29.8 Å². The Labute approximate surface area is 153 Å². The summed E-state index contributed by atoms with van der Waals surface area (Å²) in [6.45, 7) is 13.3. The van der Waals surface area contributed by atoms with Crippen molar-refractivity contribution in [3.8, 4) is 5.75 Å². The lowest BCUT2D eigenvalue weighted by Crippen LogP contribution is -2.14. The minimum Gasteiger partial charge on any atom is -0.507 e. The molecule has 1 aromatic rings. The van der Waals surface area contributed by atoms with E-state index < -0.39 is 23.4 Å². The van der Waals surface area contributed by atoms with Gasteiger partial charge in [-0.1, -0.05) is 40.7 Å². The molecule has 0 spiro atoms. The highest BCUT2D eigenvalue weighted by Gasteiger charge is 2.23. The first-order valence-corrected chi connectivity index (χ1v) is 9.89. The first-order chi connectivity index (χ1) is 11.5.